The quantitative estimate of drug-likeness (QED) is 0.690. The molecule has 9 heteroatoms. The molecular weight excluding hydrogens is 371 g/mol. The summed E-state index contributed by atoms with van der Waals surface area (Å²) in [5.41, 5.74) is 0.937. The Bertz CT molecular complexity index is 920. The number of halogens is 1. The van der Waals surface area contributed by atoms with Crippen LogP contribution in [0.25, 0.3) is 11.0 Å². The molecule has 2 aromatic heterocycles. The van der Waals surface area contributed by atoms with Gasteiger partial charge in [-0.3, -0.25) is 0 Å². The number of hydrogen-bond donors (Lipinski definition) is 2. The van der Waals surface area contributed by atoms with Crippen molar-refractivity contribution < 1.29 is 18.8 Å². The second kappa shape index (κ2) is 7.41. The number of nitrogens with one attached hydrogen (secondary N) is 1. The maximum Gasteiger partial charge on any atom is 0.206 e. The second-order valence-corrected chi connectivity index (χ2v) is 7.69. The number of anilines is 2. The third-order valence-corrected chi connectivity index (χ3v) is 5.33. The summed E-state index contributed by atoms with van der Waals surface area (Å²) in [5.74, 6) is -0.0725. The number of fused-ring (bicyclic) bond motifs is 1. The minimum atomic E-state index is -0.507. The van der Waals surface area contributed by atoms with Gasteiger partial charge in [-0.15, -0.1) is 11.3 Å². The minimum Gasteiger partial charge on any atom is -0.392 e. The van der Waals surface area contributed by atoms with Crippen molar-refractivity contribution in [3.8, 4) is 0 Å². The highest BCUT2D eigenvalue weighted by molar-refractivity contribution is 7.09. The zero-order valence-corrected chi connectivity index (χ0v) is 15.9. The van der Waals surface area contributed by atoms with E-state index in [4.69, 9.17) is 9.26 Å². The van der Waals surface area contributed by atoms with Gasteiger partial charge >= 0.3 is 0 Å². The SMILES string of the molecule is CC1CN(c2c(CO)cc3c(NCc4nccs4)noc3c2F)CC(C)O1. The largest absolute Gasteiger partial charge is 0.392 e. The number of benzene rings is 1. The maximum atomic E-state index is 15.3. The average Bonchev–Trinajstić information content (AvgIpc) is 3.28. The molecule has 0 amide bonds. The summed E-state index contributed by atoms with van der Waals surface area (Å²) in [6.07, 6.45) is 1.67. The van der Waals surface area contributed by atoms with E-state index in [0.717, 1.165) is 5.01 Å². The molecule has 0 bridgehead atoms. The highest BCUT2D eigenvalue weighted by atomic mass is 32.1. The number of aromatic nitrogens is 2. The van der Waals surface area contributed by atoms with Crippen molar-refractivity contribution in [2.75, 3.05) is 23.3 Å². The second-order valence-electron chi connectivity index (χ2n) is 6.71. The Labute approximate surface area is 159 Å². The molecule has 2 N–H and O–H groups in total. The van der Waals surface area contributed by atoms with Crippen molar-refractivity contribution in [2.45, 2.75) is 39.2 Å². The normalized spacial score (nSPS) is 20.4. The average molecular weight is 392 g/mol. The number of nitrogens with zero attached hydrogens (tertiary/aromatic N) is 3. The molecule has 0 aliphatic carbocycles. The molecule has 1 saturated heterocycles. The fourth-order valence-electron chi connectivity index (χ4n) is 3.53. The van der Waals surface area contributed by atoms with Gasteiger partial charge in [-0.2, -0.15) is 0 Å². The van der Waals surface area contributed by atoms with Crippen LogP contribution >= 0.6 is 11.3 Å². The van der Waals surface area contributed by atoms with E-state index in [1.807, 2.05) is 24.1 Å². The van der Waals surface area contributed by atoms with E-state index in [0.29, 0.717) is 42.1 Å². The maximum absolute atomic E-state index is 15.3. The van der Waals surface area contributed by atoms with Crippen molar-refractivity contribution in [1.29, 1.82) is 0 Å². The van der Waals surface area contributed by atoms with Crippen molar-refractivity contribution in [3.05, 3.63) is 34.0 Å². The molecule has 7 nitrogen and oxygen atoms in total. The molecule has 1 aliphatic heterocycles. The third-order valence-electron chi connectivity index (χ3n) is 4.55. The summed E-state index contributed by atoms with van der Waals surface area (Å²) in [6, 6.07) is 1.74. The first-order valence-corrected chi connectivity index (χ1v) is 9.69. The topological polar surface area (TPSA) is 83.7 Å². The fraction of sp³-hybridized carbons (Fsp3) is 0.444. The van der Waals surface area contributed by atoms with Crippen LogP contribution < -0.4 is 10.2 Å². The first-order chi connectivity index (χ1) is 13.1. The molecule has 1 fully saturated rings. The lowest BCUT2D eigenvalue weighted by atomic mass is 10.1. The Hall–Kier alpha value is -2.23. The summed E-state index contributed by atoms with van der Waals surface area (Å²) >= 11 is 1.52. The van der Waals surface area contributed by atoms with Crippen LogP contribution in [0.2, 0.25) is 0 Å². The van der Waals surface area contributed by atoms with Crippen LogP contribution in [0.15, 0.2) is 22.2 Å². The minimum absolute atomic E-state index is 0.0272. The molecule has 0 radical (unpaired) electrons. The Morgan fingerprint density at radius 3 is 2.81 bits per heavy atom. The predicted octanol–water partition coefficient (Wildman–Crippen LogP) is 3.14. The van der Waals surface area contributed by atoms with Gasteiger partial charge in [-0.05, 0) is 19.9 Å². The highest BCUT2D eigenvalue weighted by Gasteiger charge is 2.29. The summed E-state index contributed by atoms with van der Waals surface area (Å²) in [7, 11) is 0. The van der Waals surface area contributed by atoms with E-state index in [2.05, 4.69) is 15.5 Å². The van der Waals surface area contributed by atoms with Crippen molar-refractivity contribution in [1.82, 2.24) is 10.1 Å². The highest BCUT2D eigenvalue weighted by Crippen LogP contribution is 2.36. The number of thiazole rings is 1. The van der Waals surface area contributed by atoms with Crippen LogP contribution in [0.1, 0.15) is 24.4 Å². The predicted molar refractivity (Wildman–Crippen MR) is 102 cm³/mol. The fourth-order valence-corrected chi connectivity index (χ4v) is 4.09. The first kappa shape index (κ1) is 18.1. The van der Waals surface area contributed by atoms with Crippen LogP contribution in [-0.4, -0.2) is 40.5 Å². The van der Waals surface area contributed by atoms with Gasteiger partial charge in [0.1, 0.15) is 5.01 Å². The number of hydrogen-bond acceptors (Lipinski definition) is 8. The number of ether oxygens (including phenoxy) is 1. The van der Waals surface area contributed by atoms with Crippen LogP contribution in [0.4, 0.5) is 15.9 Å². The Balaban J connectivity index is 1.70. The van der Waals surface area contributed by atoms with Gasteiger partial charge in [0.15, 0.2) is 11.6 Å². The lowest BCUT2D eigenvalue weighted by Crippen LogP contribution is -2.46. The Kier molecular flexibility index (Phi) is 4.98. The van der Waals surface area contributed by atoms with E-state index in [-0.39, 0.29) is 24.4 Å². The van der Waals surface area contributed by atoms with E-state index >= 15 is 4.39 Å². The monoisotopic (exact) mass is 392 g/mol. The van der Waals surface area contributed by atoms with Crippen LogP contribution in [0, 0.1) is 5.82 Å². The summed E-state index contributed by atoms with van der Waals surface area (Å²) in [6.45, 7) is 5.18. The van der Waals surface area contributed by atoms with Gasteiger partial charge in [0.05, 0.1) is 36.4 Å². The molecule has 3 aromatic rings. The molecule has 27 heavy (non-hydrogen) atoms. The van der Waals surface area contributed by atoms with E-state index in [1.54, 1.807) is 12.3 Å². The first-order valence-electron chi connectivity index (χ1n) is 8.81. The number of rotatable bonds is 5. The number of aliphatic hydroxyl groups excluding tert-OH is 1. The molecule has 0 spiro atoms. The molecule has 144 valence electrons. The standard InChI is InChI=1S/C18H21FN4O3S/c1-10-7-23(8-11(2)25-10)16-12(9-24)5-13-17(15(16)19)26-22-18(13)21-6-14-20-3-4-27-14/h3-5,10-11,24H,6-9H2,1-2H3,(H,21,22). The van der Waals surface area contributed by atoms with Gasteiger partial charge in [-0.25, -0.2) is 9.37 Å². The summed E-state index contributed by atoms with van der Waals surface area (Å²) in [4.78, 5) is 6.11. The van der Waals surface area contributed by atoms with Crippen molar-refractivity contribution in [3.63, 3.8) is 0 Å². The molecule has 3 heterocycles. The van der Waals surface area contributed by atoms with Crippen molar-refractivity contribution >= 4 is 33.8 Å². The summed E-state index contributed by atoms with van der Waals surface area (Å²) in [5, 5.41) is 20.2. The molecule has 4 rings (SSSR count). The zero-order chi connectivity index (χ0) is 19.0. The molecular formula is C18H21FN4O3S. The van der Waals surface area contributed by atoms with Gasteiger partial charge < -0.3 is 24.6 Å². The van der Waals surface area contributed by atoms with E-state index in [9.17, 15) is 5.11 Å². The van der Waals surface area contributed by atoms with E-state index < -0.39 is 5.82 Å². The molecule has 2 unspecified atom stereocenters. The number of morpholine rings is 1. The van der Waals surface area contributed by atoms with Crippen LogP contribution in [-0.2, 0) is 17.9 Å². The van der Waals surface area contributed by atoms with E-state index in [1.165, 1.54) is 11.3 Å². The summed E-state index contributed by atoms with van der Waals surface area (Å²) < 4.78 is 26.3. The Morgan fingerprint density at radius 1 is 1.37 bits per heavy atom. The smallest absolute Gasteiger partial charge is 0.206 e. The lowest BCUT2D eigenvalue weighted by Gasteiger charge is -2.37. The van der Waals surface area contributed by atoms with Gasteiger partial charge in [0.25, 0.3) is 0 Å². The number of aliphatic hydroxyl groups is 1. The third kappa shape index (κ3) is 3.50. The molecule has 2 atom stereocenters. The van der Waals surface area contributed by atoms with Gasteiger partial charge in [0, 0.05) is 30.2 Å². The van der Waals surface area contributed by atoms with Gasteiger partial charge in [-0.1, -0.05) is 5.16 Å². The lowest BCUT2D eigenvalue weighted by molar-refractivity contribution is -0.00549. The Morgan fingerprint density at radius 2 is 2.15 bits per heavy atom. The van der Waals surface area contributed by atoms with Gasteiger partial charge in [0.2, 0.25) is 5.58 Å². The molecule has 0 saturated carbocycles. The zero-order valence-electron chi connectivity index (χ0n) is 15.1. The van der Waals surface area contributed by atoms with Crippen molar-refractivity contribution in [2.24, 2.45) is 0 Å². The molecule has 1 aromatic carbocycles. The van der Waals surface area contributed by atoms with Crippen LogP contribution in [0.3, 0.4) is 0 Å². The van der Waals surface area contributed by atoms with Crippen LogP contribution in [0.5, 0.6) is 0 Å². The molecule has 1 aliphatic rings.